The van der Waals surface area contributed by atoms with E-state index in [1.54, 1.807) is 4.90 Å². The van der Waals surface area contributed by atoms with Crippen molar-refractivity contribution in [3.63, 3.8) is 0 Å². The number of hydrogen-bond acceptors (Lipinski definition) is 6. The zero-order chi connectivity index (χ0) is 20.3. The Bertz CT molecular complexity index is 745. The Balaban J connectivity index is 1.47. The Kier molecular flexibility index (Phi) is 6.06. The zero-order valence-corrected chi connectivity index (χ0v) is 16.5. The number of nitrogens with zero attached hydrogens (tertiary/aromatic N) is 3. The minimum Gasteiger partial charge on any atom is -0.489 e. The number of fused-ring (bicyclic) bond motifs is 2. The first-order valence-corrected chi connectivity index (χ1v) is 9.41. The highest BCUT2D eigenvalue weighted by Gasteiger charge is 2.38. The third-order valence-electron chi connectivity index (χ3n) is 4.53. The molecular formula is C20H26FN3O4. The molecule has 2 unspecified atom stereocenters. The molecule has 8 heteroatoms. The molecule has 0 radical (unpaired) electrons. The van der Waals surface area contributed by atoms with Gasteiger partial charge in [-0.25, -0.2) is 9.18 Å². The maximum absolute atomic E-state index is 13.9. The maximum atomic E-state index is 13.9. The van der Waals surface area contributed by atoms with Crippen LogP contribution >= 0.6 is 0 Å². The number of halogens is 1. The summed E-state index contributed by atoms with van der Waals surface area (Å²) in [5, 5.41) is 8.78. The van der Waals surface area contributed by atoms with Gasteiger partial charge in [0.1, 0.15) is 12.2 Å². The highest BCUT2D eigenvalue weighted by atomic mass is 19.1. The number of hydrogen-bond donors (Lipinski definition) is 0. The van der Waals surface area contributed by atoms with E-state index in [9.17, 15) is 9.18 Å². The molecule has 0 N–H and O–H groups in total. The lowest BCUT2D eigenvalue weighted by molar-refractivity contribution is -0.137. The standard InChI is InChI=1S/C20H26FN3O4/c1-20(2,3)28-19(25)24-12-15-10-23(11-16(13-24)27-15)6-7-26-18-5-4-14(9-22)8-17(18)21/h4-5,8,15-16H,6-7,10-13H2,1-3H3. The van der Waals surface area contributed by atoms with E-state index in [1.807, 2.05) is 26.8 Å². The highest BCUT2D eigenvalue weighted by molar-refractivity contribution is 5.68. The number of carbonyl (C=O) groups is 1. The van der Waals surface area contributed by atoms with E-state index in [2.05, 4.69) is 4.90 Å². The molecule has 1 aromatic carbocycles. The SMILES string of the molecule is CC(C)(C)OC(=O)N1CC2CN(CCOc3ccc(C#N)cc3F)CC(C1)O2. The van der Waals surface area contributed by atoms with Crippen LogP contribution < -0.4 is 4.74 Å². The summed E-state index contributed by atoms with van der Waals surface area (Å²) in [6.07, 6.45) is -0.461. The summed E-state index contributed by atoms with van der Waals surface area (Å²) < 4.78 is 30.8. The molecule has 2 aliphatic rings. The van der Waals surface area contributed by atoms with Crippen LogP contribution in [0.5, 0.6) is 5.75 Å². The summed E-state index contributed by atoms with van der Waals surface area (Å²) in [4.78, 5) is 16.2. The number of benzene rings is 1. The fraction of sp³-hybridized carbons (Fsp3) is 0.600. The highest BCUT2D eigenvalue weighted by Crippen LogP contribution is 2.22. The van der Waals surface area contributed by atoms with Gasteiger partial charge >= 0.3 is 6.09 Å². The van der Waals surface area contributed by atoms with Crippen molar-refractivity contribution in [1.82, 2.24) is 9.80 Å². The second kappa shape index (κ2) is 8.33. The van der Waals surface area contributed by atoms with Crippen LogP contribution in [0.3, 0.4) is 0 Å². The lowest BCUT2D eigenvalue weighted by Crippen LogP contribution is -2.61. The third-order valence-corrected chi connectivity index (χ3v) is 4.53. The molecule has 0 spiro atoms. The van der Waals surface area contributed by atoms with Crippen LogP contribution in [-0.2, 0) is 9.47 Å². The molecule has 28 heavy (non-hydrogen) atoms. The molecule has 1 aromatic rings. The van der Waals surface area contributed by atoms with E-state index >= 15 is 0 Å². The van der Waals surface area contributed by atoms with Gasteiger partial charge in [0, 0.05) is 19.6 Å². The van der Waals surface area contributed by atoms with Crippen LogP contribution in [0.15, 0.2) is 18.2 Å². The van der Waals surface area contributed by atoms with Gasteiger partial charge in [-0.05, 0) is 39.0 Å². The molecular weight excluding hydrogens is 365 g/mol. The topological polar surface area (TPSA) is 75.0 Å². The second-order valence-electron chi connectivity index (χ2n) is 8.13. The van der Waals surface area contributed by atoms with Crippen molar-refractivity contribution in [2.24, 2.45) is 0 Å². The number of carbonyl (C=O) groups excluding carboxylic acids is 1. The Morgan fingerprint density at radius 3 is 2.54 bits per heavy atom. The first-order valence-electron chi connectivity index (χ1n) is 9.41. The van der Waals surface area contributed by atoms with E-state index in [0.29, 0.717) is 39.3 Å². The van der Waals surface area contributed by atoms with Crippen molar-refractivity contribution in [2.45, 2.75) is 38.6 Å². The van der Waals surface area contributed by atoms with Crippen molar-refractivity contribution in [1.29, 1.82) is 5.26 Å². The molecule has 2 heterocycles. The first kappa shape index (κ1) is 20.4. The van der Waals surface area contributed by atoms with Crippen LogP contribution in [-0.4, -0.2) is 73.0 Å². The summed E-state index contributed by atoms with van der Waals surface area (Å²) >= 11 is 0. The predicted octanol–water partition coefficient (Wildman–Crippen LogP) is 2.40. The second-order valence-corrected chi connectivity index (χ2v) is 8.13. The lowest BCUT2D eigenvalue weighted by Gasteiger charge is -2.45. The quantitative estimate of drug-likeness (QED) is 0.785. The van der Waals surface area contributed by atoms with Crippen LogP contribution in [0.1, 0.15) is 26.3 Å². The molecule has 1 amide bonds. The molecule has 2 fully saturated rings. The Labute approximate surface area is 164 Å². The van der Waals surface area contributed by atoms with Crippen LogP contribution in [0.2, 0.25) is 0 Å². The van der Waals surface area contributed by atoms with Gasteiger partial charge < -0.3 is 19.1 Å². The zero-order valence-electron chi connectivity index (χ0n) is 16.5. The minimum atomic E-state index is -0.536. The molecule has 3 rings (SSSR count). The largest absolute Gasteiger partial charge is 0.489 e. The van der Waals surface area contributed by atoms with Gasteiger partial charge in [-0.2, -0.15) is 5.26 Å². The number of morpholine rings is 2. The average Bonchev–Trinajstić information content (AvgIpc) is 2.60. The number of ether oxygens (including phenoxy) is 3. The number of amides is 1. The van der Waals surface area contributed by atoms with Gasteiger partial charge in [0.15, 0.2) is 11.6 Å². The molecule has 2 atom stereocenters. The van der Waals surface area contributed by atoms with Crippen molar-refractivity contribution >= 4 is 6.09 Å². The third kappa shape index (κ3) is 5.33. The molecule has 2 aliphatic heterocycles. The molecule has 2 bridgehead atoms. The Morgan fingerprint density at radius 1 is 1.29 bits per heavy atom. The van der Waals surface area contributed by atoms with E-state index in [-0.39, 0.29) is 29.6 Å². The predicted molar refractivity (Wildman–Crippen MR) is 99.5 cm³/mol. The van der Waals surface area contributed by atoms with Gasteiger partial charge in [0.25, 0.3) is 0 Å². The van der Waals surface area contributed by atoms with Crippen molar-refractivity contribution in [3.8, 4) is 11.8 Å². The molecule has 152 valence electrons. The van der Waals surface area contributed by atoms with Crippen molar-refractivity contribution < 1.29 is 23.4 Å². The fourth-order valence-corrected chi connectivity index (χ4v) is 3.41. The van der Waals surface area contributed by atoms with Crippen LogP contribution in [0.4, 0.5) is 9.18 Å². The van der Waals surface area contributed by atoms with E-state index in [4.69, 9.17) is 19.5 Å². The molecule has 0 aliphatic carbocycles. The lowest BCUT2D eigenvalue weighted by atomic mass is 10.1. The summed E-state index contributed by atoms with van der Waals surface area (Å²) in [7, 11) is 0. The summed E-state index contributed by atoms with van der Waals surface area (Å²) in [5.41, 5.74) is -0.255. The number of nitriles is 1. The van der Waals surface area contributed by atoms with Gasteiger partial charge in [-0.3, -0.25) is 4.90 Å². The van der Waals surface area contributed by atoms with Gasteiger partial charge in [0.05, 0.1) is 36.9 Å². The molecule has 0 saturated carbocycles. The molecule has 7 nitrogen and oxygen atoms in total. The normalized spacial score (nSPS) is 22.5. The van der Waals surface area contributed by atoms with E-state index in [1.165, 1.54) is 18.2 Å². The van der Waals surface area contributed by atoms with E-state index in [0.717, 1.165) is 0 Å². The van der Waals surface area contributed by atoms with Gasteiger partial charge in [-0.15, -0.1) is 0 Å². The van der Waals surface area contributed by atoms with Crippen LogP contribution in [0.25, 0.3) is 0 Å². The van der Waals surface area contributed by atoms with Crippen molar-refractivity contribution in [3.05, 3.63) is 29.6 Å². The Hall–Kier alpha value is -2.37. The van der Waals surface area contributed by atoms with Crippen LogP contribution in [0, 0.1) is 17.1 Å². The van der Waals surface area contributed by atoms with Gasteiger partial charge in [0.2, 0.25) is 0 Å². The molecule has 2 saturated heterocycles. The van der Waals surface area contributed by atoms with E-state index < -0.39 is 11.4 Å². The number of rotatable bonds is 4. The monoisotopic (exact) mass is 391 g/mol. The molecule has 0 aromatic heterocycles. The fourth-order valence-electron chi connectivity index (χ4n) is 3.41. The summed E-state index contributed by atoms with van der Waals surface area (Å²) in [6.45, 7) is 8.85. The summed E-state index contributed by atoms with van der Waals surface area (Å²) in [6, 6.07) is 6.06. The van der Waals surface area contributed by atoms with Crippen molar-refractivity contribution in [2.75, 3.05) is 39.3 Å². The van der Waals surface area contributed by atoms with Gasteiger partial charge in [-0.1, -0.05) is 0 Å². The first-order chi connectivity index (χ1) is 13.2. The smallest absolute Gasteiger partial charge is 0.410 e. The average molecular weight is 391 g/mol. The summed E-state index contributed by atoms with van der Waals surface area (Å²) in [5.74, 6) is -0.394. The minimum absolute atomic E-state index is 0.0772. The Morgan fingerprint density at radius 2 is 1.96 bits per heavy atom. The maximum Gasteiger partial charge on any atom is 0.410 e.